The Labute approximate surface area is 107 Å². The van der Waals surface area contributed by atoms with Gasteiger partial charge in [-0.15, -0.1) is 0 Å². The molecule has 5 heteroatoms. The van der Waals surface area contributed by atoms with Crippen LogP contribution in [0.1, 0.15) is 6.42 Å². The monoisotopic (exact) mass is 249 g/mol. The van der Waals surface area contributed by atoms with Crippen molar-refractivity contribution in [2.45, 2.75) is 24.6 Å². The molecule has 0 spiro atoms. The molecule has 18 heavy (non-hydrogen) atoms. The molecule has 0 amide bonds. The maximum atomic E-state index is 5.86. The van der Waals surface area contributed by atoms with Gasteiger partial charge in [0.25, 0.3) is 0 Å². The highest BCUT2D eigenvalue weighted by Gasteiger charge is 2.32. The molecule has 0 saturated carbocycles. The zero-order valence-electron chi connectivity index (χ0n) is 10.3. The molecule has 2 aliphatic heterocycles. The topological polar surface area (TPSA) is 55.4 Å². The SMILES string of the molecule is c1ccc(OC[C@H]2NCC2OC[C@H]2CCN2)nc1. The Hall–Kier alpha value is -1.17. The van der Waals surface area contributed by atoms with Crippen molar-refractivity contribution in [3.8, 4) is 5.88 Å². The molecule has 0 aliphatic carbocycles. The van der Waals surface area contributed by atoms with E-state index in [1.54, 1.807) is 6.20 Å². The van der Waals surface area contributed by atoms with Gasteiger partial charge in [-0.1, -0.05) is 6.07 Å². The smallest absolute Gasteiger partial charge is 0.213 e. The van der Waals surface area contributed by atoms with Crippen molar-refractivity contribution in [1.29, 1.82) is 0 Å². The third-order valence-corrected chi connectivity index (χ3v) is 3.52. The first-order chi connectivity index (χ1) is 8.92. The van der Waals surface area contributed by atoms with Crippen LogP contribution >= 0.6 is 0 Å². The number of ether oxygens (including phenoxy) is 2. The normalized spacial score (nSPS) is 30.3. The van der Waals surface area contributed by atoms with Crippen LogP contribution in [0.2, 0.25) is 0 Å². The molecular weight excluding hydrogens is 230 g/mol. The second kappa shape index (κ2) is 5.65. The van der Waals surface area contributed by atoms with Gasteiger partial charge in [-0.25, -0.2) is 4.98 Å². The molecule has 98 valence electrons. The minimum absolute atomic E-state index is 0.274. The molecule has 5 nitrogen and oxygen atoms in total. The van der Waals surface area contributed by atoms with E-state index >= 15 is 0 Å². The Kier molecular flexibility index (Phi) is 3.73. The Morgan fingerprint density at radius 2 is 2.22 bits per heavy atom. The van der Waals surface area contributed by atoms with Gasteiger partial charge in [0, 0.05) is 24.8 Å². The Morgan fingerprint density at radius 1 is 1.28 bits per heavy atom. The Morgan fingerprint density at radius 3 is 2.83 bits per heavy atom. The molecule has 2 aliphatic rings. The molecule has 2 saturated heterocycles. The molecule has 3 atom stereocenters. The van der Waals surface area contributed by atoms with Crippen molar-refractivity contribution in [2.75, 3.05) is 26.3 Å². The van der Waals surface area contributed by atoms with Gasteiger partial charge in [0.1, 0.15) is 6.61 Å². The third kappa shape index (κ3) is 2.80. The number of nitrogens with one attached hydrogen (secondary N) is 2. The second-order valence-electron chi connectivity index (χ2n) is 4.81. The van der Waals surface area contributed by atoms with Gasteiger partial charge in [0.2, 0.25) is 5.88 Å². The summed E-state index contributed by atoms with van der Waals surface area (Å²) in [6.07, 6.45) is 3.24. The van der Waals surface area contributed by atoms with E-state index in [9.17, 15) is 0 Å². The van der Waals surface area contributed by atoms with Gasteiger partial charge >= 0.3 is 0 Å². The molecule has 1 unspecified atom stereocenters. The van der Waals surface area contributed by atoms with Crippen LogP contribution in [0.4, 0.5) is 0 Å². The highest BCUT2D eigenvalue weighted by atomic mass is 16.5. The second-order valence-corrected chi connectivity index (χ2v) is 4.81. The van der Waals surface area contributed by atoms with E-state index in [2.05, 4.69) is 15.6 Å². The number of hydrogen-bond donors (Lipinski definition) is 2. The summed E-state index contributed by atoms with van der Waals surface area (Å²) in [6, 6.07) is 6.51. The summed E-state index contributed by atoms with van der Waals surface area (Å²) in [7, 11) is 0. The summed E-state index contributed by atoms with van der Waals surface area (Å²) < 4.78 is 11.5. The minimum Gasteiger partial charge on any atom is -0.476 e. The van der Waals surface area contributed by atoms with Gasteiger partial charge in [-0.05, 0) is 19.0 Å². The fourth-order valence-corrected chi connectivity index (χ4v) is 2.06. The summed E-state index contributed by atoms with van der Waals surface area (Å²) in [6.45, 7) is 3.47. The van der Waals surface area contributed by atoms with Crippen molar-refractivity contribution < 1.29 is 9.47 Å². The Bertz CT molecular complexity index is 370. The van der Waals surface area contributed by atoms with Crippen LogP contribution in [0.15, 0.2) is 24.4 Å². The van der Waals surface area contributed by atoms with Gasteiger partial charge in [-0.3, -0.25) is 0 Å². The number of pyridine rings is 1. The summed E-state index contributed by atoms with van der Waals surface area (Å²) in [5.41, 5.74) is 0. The van der Waals surface area contributed by atoms with Crippen LogP contribution in [0, 0.1) is 0 Å². The van der Waals surface area contributed by atoms with E-state index in [1.165, 1.54) is 6.42 Å². The fraction of sp³-hybridized carbons (Fsp3) is 0.615. The van der Waals surface area contributed by atoms with Crippen LogP contribution in [0.3, 0.4) is 0 Å². The maximum absolute atomic E-state index is 5.86. The fourth-order valence-electron chi connectivity index (χ4n) is 2.06. The molecule has 0 bridgehead atoms. The molecule has 1 aromatic heterocycles. The van der Waals surface area contributed by atoms with E-state index < -0.39 is 0 Å². The molecule has 3 rings (SSSR count). The number of aromatic nitrogens is 1. The number of hydrogen-bond acceptors (Lipinski definition) is 5. The molecule has 0 radical (unpaired) electrons. The summed E-state index contributed by atoms with van der Waals surface area (Å²) in [5, 5.41) is 6.66. The van der Waals surface area contributed by atoms with Crippen molar-refractivity contribution in [3.63, 3.8) is 0 Å². The van der Waals surface area contributed by atoms with E-state index in [0.717, 1.165) is 19.7 Å². The van der Waals surface area contributed by atoms with Gasteiger partial charge in [0.15, 0.2) is 0 Å². The van der Waals surface area contributed by atoms with Crippen LogP contribution in [-0.4, -0.2) is 49.5 Å². The van der Waals surface area contributed by atoms with Crippen molar-refractivity contribution in [1.82, 2.24) is 15.6 Å². The first-order valence-corrected chi connectivity index (χ1v) is 6.54. The summed E-state index contributed by atoms with van der Waals surface area (Å²) >= 11 is 0. The van der Waals surface area contributed by atoms with Crippen LogP contribution in [0.5, 0.6) is 5.88 Å². The third-order valence-electron chi connectivity index (χ3n) is 3.52. The standard InChI is InChI=1S/C13H19N3O2/c1-2-5-15-13(3-1)18-9-11-12(7-16-11)17-8-10-4-6-14-10/h1-3,5,10-12,14,16H,4,6-9H2/t10-,11-,12?/m1/s1. The molecule has 1 aromatic rings. The average molecular weight is 249 g/mol. The Balaban J connectivity index is 1.37. The van der Waals surface area contributed by atoms with Crippen LogP contribution in [-0.2, 0) is 4.74 Å². The van der Waals surface area contributed by atoms with Gasteiger partial charge < -0.3 is 20.1 Å². The molecule has 3 heterocycles. The average Bonchev–Trinajstić information content (AvgIpc) is 2.32. The van der Waals surface area contributed by atoms with Crippen LogP contribution < -0.4 is 15.4 Å². The summed E-state index contributed by atoms with van der Waals surface area (Å²) in [4.78, 5) is 4.13. The quantitative estimate of drug-likeness (QED) is 0.753. The van der Waals surface area contributed by atoms with Crippen LogP contribution in [0.25, 0.3) is 0 Å². The van der Waals surface area contributed by atoms with E-state index in [-0.39, 0.29) is 12.1 Å². The van der Waals surface area contributed by atoms with E-state index in [4.69, 9.17) is 9.47 Å². The predicted molar refractivity (Wildman–Crippen MR) is 67.7 cm³/mol. The highest BCUT2D eigenvalue weighted by Crippen LogP contribution is 2.13. The first kappa shape index (κ1) is 11.9. The zero-order valence-corrected chi connectivity index (χ0v) is 10.3. The lowest BCUT2D eigenvalue weighted by atomic mass is 10.0. The van der Waals surface area contributed by atoms with Gasteiger partial charge in [0.05, 0.1) is 18.8 Å². The molecule has 0 aromatic carbocycles. The van der Waals surface area contributed by atoms with Gasteiger partial charge in [-0.2, -0.15) is 0 Å². The van der Waals surface area contributed by atoms with E-state index in [0.29, 0.717) is 18.5 Å². The molecular formula is C13H19N3O2. The molecule has 2 N–H and O–H groups in total. The number of nitrogens with zero attached hydrogens (tertiary/aromatic N) is 1. The highest BCUT2D eigenvalue weighted by molar-refractivity contribution is 5.09. The predicted octanol–water partition coefficient (Wildman–Crippen LogP) is 0.179. The number of rotatable bonds is 6. The van der Waals surface area contributed by atoms with E-state index in [1.807, 2.05) is 18.2 Å². The van der Waals surface area contributed by atoms with Crippen molar-refractivity contribution in [2.24, 2.45) is 0 Å². The largest absolute Gasteiger partial charge is 0.476 e. The van der Waals surface area contributed by atoms with Crippen molar-refractivity contribution in [3.05, 3.63) is 24.4 Å². The molecule has 2 fully saturated rings. The summed E-state index contributed by atoms with van der Waals surface area (Å²) in [5.74, 6) is 0.672. The lowest BCUT2D eigenvalue weighted by Crippen LogP contribution is -2.62. The lowest BCUT2D eigenvalue weighted by Gasteiger charge is -2.39. The zero-order chi connectivity index (χ0) is 12.2. The minimum atomic E-state index is 0.274. The maximum Gasteiger partial charge on any atom is 0.213 e. The lowest BCUT2D eigenvalue weighted by molar-refractivity contribution is -0.0450. The van der Waals surface area contributed by atoms with Crippen molar-refractivity contribution >= 4 is 0 Å². The first-order valence-electron chi connectivity index (χ1n) is 6.54.